The summed E-state index contributed by atoms with van der Waals surface area (Å²) in [4.78, 5) is 1.23. The molecule has 0 fully saturated rings. The largest absolute Gasteiger partial charge is 0.281 e. The average Bonchev–Trinajstić information content (AvgIpc) is 1.87. The van der Waals surface area contributed by atoms with Gasteiger partial charge in [0.25, 0.3) is 0 Å². The Morgan fingerprint density at radius 1 is 1.71 bits per heavy atom. The molecule has 1 nitrogen and oxygen atoms in total. The van der Waals surface area contributed by atoms with Crippen LogP contribution in [0.15, 0.2) is 5.38 Å². The molecule has 1 aromatic heterocycles. The maximum Gasteiger partial charge on any atom is 0.163 e. The highest BCUT2D eigenvalue weighted by Gasteiger charge is 1.82. The van der Waals surface area contributed by atoms with Crippen LogP contribution in [0.1, 0.15) is 4.88 Å². The molecule has 1 aromatic rings. The zero-order chi connectivity index (χ0) is 5.28. The first kappa shape index (κ1) is 5.00. The van der Waals surface area contributed by atoms with E-state index in [2.05, 4.69) is 0 Å². The number of hydrogen-bond donors (Lipinski definition) is 1. The van der Waals surface area contributed by atoms with E-state index in [0.717, 1.165) is 0 Å². The molecule has 0 aromatic carbocycles. The van der Waals surface area contributed by atoms with Crippen molar-refractivity contribution in [3.63, 3.8) is 0 Å². The number of hydrogen-bond acceptors (Lipinski definition) is 3. The second-order valence-corrected chi connectivity index (χ2v) is 3.63. The van der Waals surface area contributed by atoms with Crippen LogP contribution in [0, 0.1) is 12.3 Å². The summed E-state index contributed by atoms with van der Waals surface area (Å²) in [5.41, 5.74) is 0. The van der Waals surface area contributed by atoms with Crippen molar-refractivity contribution >= 4 is 22.7 Å². The topological polar surface area (TPSA) is 23.9 Å². The van der Waals surface area contributed by atoms with Crippen molar-refractivity contribution in [1.29, 1.82) is 5.41 Å². The van der Waals surface area contributed by atoms with Crippen LogP contribution in [0.25, 0.3) is 0 Å². The minimum Gasteiger partial charge on any atom is -0.281 e. The lowest BCUT2D eigenvalue weighted by atomic mass is 10.7. The van der Waals surface area contributed by atoms with E-state index >= 15 is 0 Å². The fraction of sp³-hybridized carbons (Fsp3) is 0.250. The van der Waals surface area contributed by atoms with Crippen molar-refractivity contribution in [2.75, 3.05) is 0 Å². The van der Waals surface area contributed by atoms with Crippen LogP contribution in [0.5, 0.6) is 0 Å². The second kappa shape index (κ2) is 1.76. The van der Waals surface area contributed by atoms with Gasteiger partial charge in [0.15, 0.2) is 3.98 Å². The highest BCUT2D eigenvalue weighted by atomic mass is 32.2. The molecule has 3 heteroatoms. The minimum absolute atomic E-state index is 0.692. The Labute approximate surface area is 49.8 Å². The summed E-state index contributed by atoms with van der Waals surface area (Å²) in [5, 5.41) is 9.05. The highest BCUT2D eigenvalue weighted by Crippen LogP contribution is 2.02. The molecule has 0 atom stereocenters. The Morgan fingerprint density at radius 3 is 2.57 bits per heavy atom. The lowest BCUT2D eigenvalue weighted by Gasteiger charge is -1.64. The van der Waals surface area contributed by atoms with Gasteiger partial charge in [-0.2, -0.15) is 0 Å². The van der Waals surface area contributed by atoms with E-state index < -0.39 is 0 Å². The lowest BCUT2D eigenvalue weighted by molar-refractivity contribution is 1.41. The van der Waals surface area contributed by atoms with Crippen LogP contribution in [0.3, 0.4) is 0 Å². The molecule has 0 aliphatic carbocycles. The van der Waals surface area contributed by atoms with Crippen molar-refractivity contribution in [2.24, 2.45) is 0 Å². The standard InChI is InChI=1S/C4H5NS2/c1-3-2-6-4(5)7-3/h2,5H,1H3. The van der Waals surface area contributed by atoms with E-state index in [1.165, 1.54) is 27.6 Å². The highest BCUT2D eigenvalue weighted by molar-refractivity contribution is 7.25. The van der Waals surface area contributed by atoms with Gasteiger partial charge in [0, 0.05) is 10.3 Å². The molecule has 0 spiro atoms. The molecule has 0 bridgehead atoms. The summed E-state index contributed by atoms with van der Waals surface area (Å²) in [6.07, 6.45) is 0. The van der Waals surface area contributed by atoms with Crippen molar-refractivity contribution in [2.45, 2.75) is 6.92 Å². The first-order chi connectivity index (χ1) is 3.29. The molecular formula is C4H5NS2. The molecule has 0 radical (unpaired) electrons. The fourth-order valence-electron chi connectivity index (χ4n) is 0.331. The van der Waals surface area contributed by atoms with Gasteiger partial charge in [-0.1, -0.05) is 0 Å². The van der Waals surface area contributed by atoms with E-state index in [-0.39, 0.29) is 0 Å². The van der Waals surface area contributed by atoms with E-state index in [1.54, 1.807) is 0 Å². The number of rotatable bonds is 0. The third-order valence-corrected chi connectivity index (χ3v) is 2.58. The third kappa shape index (κ3) is 1.11. The van der Waals surface area contributed by atoms with Crippen LogP contribution in [0.4, 0.5) is 0 Å². The van der Waals surface area contributed by atoms with Crippen LogP contribution >= 0.6 is 22.7 Å². The molecule has 0 aliphatic heterocycles. The average molecular weight is 131 g/mol. The fourth-order valence-corrected chi connectivity index (χ4v) is 1.96. The van der Waals surface area contributed by atoms with Crippen LogP contribution in [-0.4, -0.2) is 0 Å². The van der Waals surface area contributed by atoms with Crippen LogP contribution in [0.2, 0.25) is 0 Å². The SMILES string of the molecule is Cc1csc(=N)s1. The molecule has 0 aliphatic rings. The summed E-state index contributed by atoms with van der Waals surface area (Å²) in [6.45, 7) is 2.01. The molecule has 0 unspecified atom stereocenters. The van der Waals surface area contributed by atoms with Gasteiger partial charge in [0.2, 0.25) is 0 Å². The Morgan fingerprint density at radius 2 is 2.43 bits per heavy atom. The number of aryl methyl sites for hydroxylation is 1. The van der Waals surface area contributed by atoms with Gasteiger partial charge < -0.3 is 0 Å². The van der Waals surface area contributed by atoms with Crippen LogP contribution < -0.4 is 3.98 Å². The van der Waals surface area contributed by atoms with Crippen molar-refractivity contribution < 1.29 is 0 Å². The minimum atomic E-state index is 0.692. The summed E-state index contributed by atoms with van der Waals surface area (Å²) < 4.78 is 0.692. The van der Waals surface area contributed by atoms with Gasteiger partial charge in [0.05, 0.1) is 0 Å². The van der Waals surface area contributed by atoms with Crippen molar-refractivity contribution in [3.8, 4) is 0 Å². The second-order valence-electron chi connectivity index (χ2n) is 1.24. The maximum atomic E-state index is 7.05. The summed E-state index contributed by atoms with van der Waals surface area (Å²) >= 11 is 3.02. The van der Waals surface area contributed by atoms with Gasteiger partial charge in [-0.15, -0.1) is 22.7 Å². The summed E-state index contributed by atoms with van der Waals surface area (Å²) in [5.74, 6) is 0. The molecule has 1 rings (SSSR count). The molecule has 1 heterocycles. The zero-order valence-corrected chi connectivity index (χ0v) is 5.53. The van der Waals surface area contributed by atoms with E-state index in [4.69, 9.17) is 5.41 Å². The molecule has 0 saturated carbocycles. The summed E-state index contributed by atoms with van der Waals surface area (Å²) in [6, 6.07) is 0. The molecular weight excluding hydrogens is 126 g/mol. The van der Waals surface area contributed by atoms with Crippen molar-refractivity contribution in [3.05, 3.63) is 14.2 Å². The zero-order valence-electron chi connectivity index (χ0n) is 3.89. The van der Waals surface area contributed by atoms with Crippen LogP contribution in [-0.2, 0) is 0 Å². The van der Waals surface area contributed by atoms with Gasteiger partial charge in [-0.05, 0) is 6.92 Å². The third-order valence-electron chi connectivity index (χ3n) is 0.586. The predicted molar refractivity (Wildman–Crippen MR) is 32.8 cm³/mol. The smallest absolute Gasteiger partial charge is 0.163 e. The number of nitrogens with one attached hydrogen (secondary N) is 1. The maximum absolute atomic E-state index is 7.05. The van der Waals surface area contributed by atoms with E-state index in [9.17, 15) is 0 Å². The Bertz CT molecular complexity index is 197. The Kier molecular flexibility index (Phi) is 1.25. The molecule has 1 N–H and O–H groups in total. The van der Waals surface area contributed by atoms with Gasteiger partial charge in [-0.3, -0.25) is 5.41 Å². The normalized spacial score (nSPS) is 9.29. The molecule has 0 amide bonds. The molecule has 7 heavy (non-hydrogen) atoms. The van der Waals surface area contributed by atoms with E-state index in [0.29, 0.717) is 3.98 Å². The van der Waals surface area contributed by atoms with Crippen molar-refractivity contribution in [1.82, 2.24) is 0 Å². The van der Waals surface area contributed by atoms with Gasteiger partial charge >= 0.3 is 0 Å². The first-order valence-electron chi connectivity index (χ1n) is 1.89. The Hall–Kier alpha value is -0.150. The first-order valence-corrected chi connectivity index (χ1v) is 3.58. The molecule has 38 valence electrons. The quantitative estimate of drug-likeness (QED) is 0.553. The monoisotopic (exact) mass is 131 g/mol. The predicted octanol–water partition coefficient (Wildman–Crippen LogP) is 1.60. The Balaban J connectivity index is 3.30. The summed E-state index contributed by atoms with van der Waals surface area (Å²) in [7, 11) is 0. The van der Waals surface area contributed by atoms with Gasteiger partial charge in [0.1, 0.15) is 0 Å². The lowest BCUT2D eigenvalue weighted by Crippen LogP contribution is -1.74. The van der Waals surface area contributed by atoms with E-state index in [1.807, 2.05) is 12.3 Å². The van der Waals surface area contributed by atoms with Gasteiger partial charge in [-0.25, -0.2) is 0 Å². The molecule has 0 saturated heterocycles.